The zero-order valence-corrected chi connectivity index (χ0v) is 26.9. The summed E-state index contributed by atoms with van der Waals surface area (Å²) in [5.74, 6) is -0.322. The van der Waals surface area contributed by atoms with E-state index in [1.54, 1.807) is 6.08 Å². The number of esters is 1. The number of hydrogen-bond donors (Lipinski definition) is 4. The highest BCUT2D eigenvalue weighted by molar-refractivity contribution is 5.90. The Kier molecular flexibility index (Phi) is 19.9. The predicted octanol–water partition coefficient (Wildman–Crippen LogP) is 7.06. The molecule has 4 N–H and O–H groups in total. The normalized spacial score (nSPS) is 24.8. The van der Waals surface area contributed by atoms with Crippen LogP contribution in [-0.2, 0) is 14.3 Å². The van der Waals surface area contributed by atoms with Gasteiger partial charge in [-0.05, 0) is 57.9 Å². The van der Waals surface area contributed by atoms with Crippen molar-refractivity contribution in [1.82, 2.24) is 0 Å². The average molecular weight is 597 g/mol. The summed E-state index contributed by atoms with van der Waals surface area (Å²) >= 11 is 0. The van der Waals surface area contributed by atoms with Gasteiger partial charge in [0.1, 0.15) is 6.10 Å². The van der Waals surface area contributed by atoms with Gasteiger partial charge in [0.05, 0.1) is 36.6 Å². The molecule has 0 radical (unpaired) electrons. The first-order chi connectivity index (χ1) is 20.3. The zero-order valence-electron chi connectivity index (χ0n) is 26.9. The van der Waals surface area contributed by atoms with Crippen molar-refractivity contribution in [3.8, 4) is 0 Å². The maximum Gasteiger partial charge on any atom is 0.334 e. The fourth-order valence-electron chi connectivity index (χ4n) is 6.40. The van der Waals surface area contributed by atoms with Crippen LogP contribution in [0.25, 0.3) is 0 Å². The van der Waals surface area contributed by atoms with E-state index >= 15 is 0 Å². The molecule has 2 aliphatic heterocycles. The second-order valence-corrected chi connectivity index (χ2v) is 13.1. The molecule has 0 aromatic heterocycles. The molecule has 7 heteroatoms. The topological polar surface area (TPSA) is 116 Å². The lowest BCUT2D eigenvalue weighted by atomic mass is 9.92. The van der Waals surface area contributed by atoms with Crippen LogP contribution >= 0.6 is 0 Å². The van der Waals surface area contributed by atoms with E-state index in [0.717, 1.165) is 32.1 Å². The van der Waals surface area contributed by atoms with E-state index in [4.69, 9.17) is 9.47 Å². The first-order valence-corrected chi connectivity index (χ1v) is 17.6. The molecular weight excluding hydrogens is 532 g/mol. The second-order valence-electron chi connectivity index (χ2n) is 13.1. The zero-order chi connectivity index (χ0) is 30.6. The highest BCUT2D eigenvalue weighted by Gasteiger charge is 2.33. The molecule has 1 saturated heterocycles. The molecule has 0 unspecified atom stereocenters. The van der Waals surface area contributed by atoms with Crippen molar-refractivity contribution in [1.29, 1.82) is 0 Å². The first kappa shape index (κ1) is 37.2. The molecule has 42 heavy (non-hydrogen) atoms. The Morgan fingerprint density at radius 3 is 1.93 bits per heavy atom. The third kappa shape index (κ3) is 16.2. The Labute approximate surface area is 256 Å². The Bertz CT molecular complexity index is 726. The molecule has 1 fully saturated rings. The van der Waals surface area contributed by atoms with Crippen molar-refractivity contribution in [2.75, 3.05) is 0 Å². The van der Waals surface area contributed by atoms with Gasteiger partial charge in [0.2, 0.25) is 0 Å². The molecule has 0 aliphatic carbocycles. The van der Waals surface area contributed by atoms with Gasteiger partial charge >= 0.3 is 5.97 Å². The number of carbonyl (C=O) groups excluding carboxylic acids is 1. The van der Waals surface area contributed by atoms with Crippen molar-refractivity contribution in [3.63, 3.8) is 0 Å². The van der Waals surface area contributed by atoms with Gasteiger partial charge in [0.25, 0.3) is 0 Å². The van der Waals surface area contributed by atoms with Crippen LogP contribution in [0.3, 0.4) is 0 Å². The Balaban J connectivity index is 1.47. The van der Waals surface area contributed by atoms with Crippen molar-refractivity contribution in [2.24, 2.45) is 0 Å². The molecule has 2 rings (SSSR count). The molecule has 0 amide bonds. The smallest absolute Gasteiger partial charge is 0.334 e. The number of unbranched alkanes of at least 4 members (excludes halogenated alkanes) is 13. The number of hydrogen-bond acceptors (Lipinski definition) is 7. The minimum atomic E-state index is -0.619. The van der Waals surface area contributed by atoms with Crippen LogP contribution < -0.4 is 0 Å². The van der Waals surface area contributed by atoms with Crippen LogP contribution in [0.15, 0.2) is 11.6 Å². The van der Waals surface area contributed by atoms with E-state index in [2.05, 4.69) is 6.92 Å². The van der Waals surface area contributed by atoms with E-state index in [-0.39, 0.29) is 24.3 Å². The number of aliphatic hydroxyl groups excluding tert-OH is 4. The highest BCUT2D eigenvalue weighted by Crippen LogP contribution is 2.28. The summed E-state index contributed by atoms with van der Waals surface area (Å²) in [7, 11) is 0. The fraction of sp³-hybridized carbons (Fsp3) is 0.914. The van der Waals surface area contributed by atoms with Crippen molar-refractivity contribution < 1.29 is 34.7 Å². The average Bonchev–Trinajstić information content (AvgIpc) is 3.28. The molecule has 7 nitrogen and oxygen atoms in total. The molecule has 0 saturated carbocycles. The second kappa shape index (κ2) is 22.5. The fourth-order valence-corrected chi connectivity index (χ4v) is 6.40. The monoisotopic (exact) mass is 596 g/mol. The Morgan fingerprint density at radius 2 is 1.33 bits per heavy atom. The summed E-state index contributed by atoms with van der Waals surface area (Å²) in [5, 5.41) is 41.8. The van der Waals surface area contributed by atoms with Crippen LogP contribution in [-0.4, -0.2) is 69.1 Å². The van der Waals surface area contributed by atoms with Gasteiger partial charge in [0.15, 0.2) is 0 Å². The maximum atomic E-state index is 11.7. The van der Waals surface area contributed by atoms with Crippen molar-refractivity contribution in [2.45, 2.75) is 204 Å². The van der Waals surface area contributed by atoms with Crippen LogP contribution in [0.4, 0.5) is 0 Å². The molecule has 246 valence electrons. The summed E-state index contributed by atoms with van der Waals surface area (Å²) < 4.78 is 11.2. The van der Waals surface area contributed by atoms with E-state index in [1.807, 2.05) is 6.92 Å². The SMILES string of the molecule is CCCCCCCCCCCCCC[C@H]1O[C@@H]([C@H](O)CC[C@@H](O)CCCCC[C@@H](O)CC2=C[C@H](C)OC2=O)CC[C@H]1O. The lowest BCUT2D eigenvalue weighted by Crippen LogP contribution is -2.44. The predicted molar refractivity (Wildman–Crippen MR) is 168 cm³/mol. The molecule has 7 atom stereocenters. The van der Waals surface area contributed by atoms with E-state index in [1.165, 1.54) is 70.6 Å². The molecule has 0 aromatic carbocycles. The van der Waals surface area contributed by atoms with Gasteiger partial charge in [-0.25, -0.2) is 4.79 Å². The van der Waals surface area contributed by atoms with E-state index in [9.17, 15) is 25.2 Å². The van der Waals surface area contributed by atoms with Crippen molar-refractivity contribution >= 4 is 5.97 Å². The quantitative estimate of drug-likeness (QED) is 0.0658. The lowest BCUT2D eigenvalue weighted by Gasteiger charge is -2.36. The number of ether oxygens (including phenoxy) is 2. The lowest BCUT2D eigenvalue weighted by molar-refractivity contribution is -0.156. The maximum absolute atomic E-state index is 11.7. The number of aliphatic hydroxyl groups is 4. The van der Waals surface area contributed by atoms with Gasteiger partial charge < -0.3 is 29.9 Å². The Morgan fingerprint density at radius 1 is 0.762 bits per heavy atom. The van der Waals surface area contributed by atoms with Crippen LogP contribution in [0.2, 0.25) is 0 Å². The van der Waals surface area contributed by atoms with Gasteiger partial charge in [-0.15, -0.1) is 0 Å². The standard InChI is InChI=1S/C35H64O7/c1-3-4-5-6-7-8-9-10-11-12-13-17-20-33-32(39)23-24-34(42-33)31(38)22-21-29(36)18-15-14-16-19-30(37)26-28-25-27(2)41-35(28)40/h25,27,29-34,36-39H,3-24,26H2,1-2H3/t27-,29-,30+,31+,32+,33+,34+/m0/s1. The number of rotatable bonds is 25. The minimum Gasteiger partial charge on any atom is -0.455 e. The van der Waals surface area contributed by atoms with Crippen molar-refractivity contribution in [3.05, 3.63) is 11.6 Å². The number of carbonyl (C=O) groups is 1. The molecule has 0 spiro atoms. The van der Waals surface area contributed by atoms with Gasteiger partial charge in [-0.1, -0.05) is 103 Å². The molecule has 2 aliphatic rings. The molecule has 2 heterocycles. The van der Waals surface area contributed by atoms with E-state index in [0.29, 0.717) is 50.5 Å². The summed E-state index contributed by atoms with van der Waals surface area (Å²) in [6.45, 7) is 4.07. The summed E-state index contributed by atoms with van der Waals surface area (Å²) in [5.41, 5.74) is 0.566. The summed E-state index contributed by atoms with van der Waals surface area (Å²) in [4.78, 5) is 11.7. The summed E-state index contributed by atoms with van der Waals surface area (Å²) in [6.07, 6.45) is 22.1. The first-order valence-electron chi connectivity index (χ1n) is 17.6. The molecule has 0 aromatic rings. The van der Waals surface area contributed by atoms with Gasteiger partial charge in [-0.2, -0.15) is 0 Å². The third-order valence-electron chi connectivity index (χ3n) is 9.11. The van der Waals surface area contributed by atoms with Crippen LogP contribution in [0, 0.1) is 0 Å². The largest absolute Gasteiger partial charge is 0.455 e. The summed E-state index contributed by atoms with van der Waals surface area (Å²) in [6, 6.07) is 0. The van der Waals surface area contributed by atoms with E-state index < -0.39 is 24.4 Å². The minimum absolute atomic E-state index is 0.194. The highest BCUT2D eigenvalue weighted by atomic mass is 16.5. The number of cyclic esters (lactones) is 1. The Hall–Kier alpha value is -0.990. The van der Waals surface area contributed by atoms with Crippen LogP contribution in [0.5, 0.6) is 0 Å². The van der Waals surface area contributed by atoms with Crippen LogP contribution in [0.1, 0.15) is 162 Å². The third-order valence-corrected chi connectivity index (χ3v) is 9.11. The van der Waals surface area contributed by atoms with Gasteiger partial charge in [0, 0.05) is 12.0 Å². The molecule has 0 bridgehead atoms. The molecular formula is C35H64O7. The van der Waals surface area contributed by atoms with Gasteiger partial charge in [-0.3, -0.25) is 0 Å².